The summed E-state index contributed by atoms with van der Waals surface area (Å²) in [5.74, 6) is -0.581. The summed E-state index contributed by atoms with van der Waals surface area (Å²) in [6.45, 7) is 3.75. The van der Waals surface area contributed by atoms with Crippen LogP contribution in [0.15, 0.2) is 48.5 Å². The highest BCUT2D eigenvalue weighted by Crippen LogP contribution is 2.32. The Kier molecular flexibility index (Phi) is 6.05. The van der Waals surface area contributed by atoms with Crippen molar-refractivity contribution >= 4 is 5.91 Å². The molecule has 0 fully saturated rings. The molecular formula is C20H21F4NO. The summed E-state index contributed by atoms with van der Waals surface area (Å²) in [4.78, 5) is 12.0. The van der Waals surface area contributed by atoms with Gasteiger partial charge in [0.25, 0.3) is 0 Å². The van der Waals surface area contributed by atoms with Crippen molar-refractivity contribution in [3.63, 3.8) is 0 Å². The van der Waals surface area contributed by atoms with Crippen LogP contribution >= 0.6 is 0 Å². The minimum absolute atomic E-state index is 0.183. The van der Waals surface area contributed by atoms with Crippen LogP contribution in [-0.2, 0) is 22.8 Å². The number of amides is 1. The number of rotatable bonds is 6. The molecule has 2 aromatic carbocycles. The van der Waals surface area contributed by atoms with E-state index in [9.17, 15) is 22.4 Å². The lowest BCUT2D eigenvalue weighted by atomic mass is 9.83. The topological polar surface area (TPSA) is 29.1 Å². The van der Waals surface area contributed by atoms with E-state index in [2.05, 4.69) is 5.32 Å². The van der Waals surface area contributed by atoms with Crippen LogP contribution in [0.5, 0.6) is 0 Å². The summed E-state index contributed by atoms with van der Waals surface area (Å²) in [6, 6.07) is 11.2. The summed E-state index contributed by atoms with van der Waals surface area (Å²) in [5, 5.41) is 2.75. The summed E-state index contributed by atoms with van der Waals surface area (Å²) in [6.07, 6.45) is -3.82. The fourth-order valence-electron chi connectivity index (χ4n) is 2.58. The van der Waals surface area contributed by atoms with Crippen molar-refractivity contribution in [3.05, 3.63) is 71.0 Å². The standard InChI is InChI=1S/C20H21F4NO/c1-19(2,15-6-4-7-16(12-15)20(22,23)24)13-25-18(26)10-9-14-5-3-8-17(21)11-14/h3-8,11-12H,9-10,13H2,1-2H3,(H,25,26). The predicted octanol–water partition coefficient (Wildman–Crippen LogP) is 4.87. The molecule has 140 valence electrons. The van der Waals surface area contributed by atoms with Crippen molar-refractivity contribution in [2.75, 3.05) is 6.54 Å². The Balaban J connectivity index is 1.94. The lowest BCUT2D eigenvalue weighted by Gasteiger charge is -2.26. The zero-order chi connectivity index (χ0) is 19.4. The lowest BCUT2D eigenvalue weighted by Crippen LogP contribution is -2.36. The van der Waals surface area contributed by atoms with E-state index in [1.165, 1.54) is 18.2 Å². The van der Waals surface area contributed by atoms with Gasteiger partial charge in [-0.05, 0) is 35.7 Å². The van der Waals surface area contributed by atoms with Crippen LogP contribution in [0.1, 0.15) is 37.0 Å². The molecule has 0 aliphatic rings. The highest BCUT2D eigenvalue weighted by Gasteiger charge is 2.32. The van der Waals surface area contributed by atoms with Crippen LogP contribution in [0, 0.1) is 5.82 Å². The first kappa shape index (κ1) is 19.9. The average molecular weight is 367 g/mol. The smallest absolute Gasteiger partial charge is 0.355 e. The van der Waals surface area contributed by atoms with Crippen LogP contribution < -0.4 is 5.32 Å². The van der Waals surface area contributed by atoms with E-state index < -0.39 is 17.2 Å². The van der Waals surface area contributed by atoms with Crippen LogP contribution in [0.4, 0.5) is 17.6 Å². The molecule has 0 aromatic heterocycles. The number of carbonyl (C=O) groups excluding carboxylic acids is 1. The van der Waals surface area contributed by atoms with Crippen molar-refractivity contribution in [1.82, 2.24) is 5.32 Å². The number of alkyl halides is 3. The van der Waals surface area contributed by atoms with Crippen molar-refractivity contribution in [3.8, 4) is 0 Å². The van der Waals surface area contributed by atoms with E-state index in [-0.39, 0.29) is 24.7 Å². The molecule has 0 aliphatic heterocycles. The first-order valence-corrected chi connectivity index (χ1v) is 8.27. The van der Waals surface area contributed by atoms with E-state index in [4.69, 9.17) is 0 Å². The number of hydrogen-bond donors (Lipinski definition) is 1. The molecule has 0 heterocycles. The maximum absolute atomic E-state index is 13.1. The van der Waals surface area contributed by atoms with Gasteiger partial charge in [0.2, 0.25) is 5.91 Å². The zero-order valence-corrected chi connectivity index (χ0v) is 14.7. The Morgan fingerprint density at radius 3 is 2.31 bits per heavy atom. The maximum atomic E-state index is 13.1. The summed E-state index contributed by atoms with van der Waals surface area (Å²) < 4.78 is 51.7. The summed E-state index contributed by atoms with van der Waals surface area (Å²) in [7, 11) is 0. The van der Waals surface area contributed by atoms with Gasteiger partial charge in [0.15, 0.2) is 0 Å². The third-order valence-electron chi connectivity index (χ3n) is 4.23. The van der Waals surface area contributed by atoms with Gasteiger partial charge in [-0.15, -0.1) is 0 Å². The quantitative estimate of drug-likeness (QED) is 0.725. The molecule has 0 unspecified atom stereocenters. The fraction of sp³-hybridized carbons (Fsp3) is 0.350. The second kappa shape index (κ2) is 7.89. The van der Waals surface area contributed by atoms with Gasteiger partial charge in [-0.3, -0.25) is 4.79 Å². The minimum Gasteiger partial charge on any atom is -0.355 e. The molecule has 2 nitrogen and oxygen atoms in total. The van der Waals surface area contributed by atoms with Crippen LogP contribution in [-0.4, -0.2) is 12.5 Å². The van der Waals surface area contributed by atoms with E-state index in [0.717, 1.165) is 17.7 Å². The summed E-state index contributed by atoms with van der Waals surface area (Å²) in [5.41, 5.74) is -0.147. The highest BCUT2D eigenvalue weighted by atomic mass is 19.4. The Bertz CT molecular complexity index is 768. The number of halogens is 4. The molecule has 1 amide bonds. The van der Waals surface area contributed by atoms with Crippen molar-refractivity contribution < 1.29 is 22.4 Å². The molecule has 0 bridgehead atoms. The van der Waals surface area contributed by atoms with Gasteiger partial charge in [0.1, 0.15) is 5.82 Å². The Morgan fingerprint density at radius 1 is 1.00 bits per heavy atom. The predicted molar refractivity (Wildman–Crippen MR) is 92.2 cm³/mol. The monoisotopic (exact) mass is 367 g/mol. The van der Waals surface area contributed by atoms with E-state index in [1.54, 1.807) is 32.0 Å². The normalized spacial score (nSPS) is 12.1. The molecule has 0 saturated heterocycles. The zero-order valence-electron chi connectivity index (χ0n) is 14.7. The van der Waals surface area contributed by atoms with Crippen molar-refractivity contribution in [2.45, 2.75) is 38.3 Å². The van der Waals surface area contributed by atoms with Gasteiger partial charge in [-0.1, -0.05) is 44.2 Å². The first-order valence-electron chi connectivity index (χ1n) is 8.27. The molecule has 2 rings (SSSR count). The molecular weight excluding hydrogens is 346 g/mol. The van der Waals surface area contributed by atoms with Crippen molar-refractivity contribution in [2.24, 2.45) is 0 Å². The number of hydrogen-bond acceptors (Lipinski definition) is 1. The number of carbonyl (C=O) groups is 1. The van der Waals surface area contributed by atoms with Gasteiger partial charge >= 0.3 is 6.18 Å². The second-order valence-electron chi connectivity index (χ2n) is 6.87. The Hall–Kier alpha value is -2.37. The molecule has 0 atom stereocenters. The molecule has 0 spiro atoms. The Labute approximate surface area is 150 Å². The van der Waals surface area contributed by atoms with Crippen LogP contribution in [0.2, 0.25) is 0 Å². The van der Waals surface area contributed by atoms with Crippen molar-refractivity contribution in [1.29, 1.82) is 0 Å². The molecule has 2 aromatic rings. The highest BCUT2D eigenvalue weighted by molar-refractivity contribution is 5.76. The van der Waals surface area contributed by atoms with Gasteiger partial charge in [0.05, 0.1) is 5.56 Å². The second-order valence-corrected chi connectivity index (χ2v) is 6.87. The van der Waals surface area contributed by atoms with E-state index in [1.807, 2.05) is 0 Å². The SMILES string of the molecule is CC(C)(CNC(=O)CCc1cccc(F)c1)c1cccc(C(F)(F)F)c1. The molecule has 6 heteroatoms. The van der Waals surface area contributed by atoms with E-state index in [0.29, 0.717) is 12.0 Å². The third kappa shape index (κ3) is 5.58. The van der Waals surface area contributed by atoms with Crippen LogP contribution in [0.3, 0.4) is 0 Å². The summed E-state index contributed by atoms with van der Waals surface area (Å²) >= 11 is 0. The van der Waals surface area contributed by atoms with Crippen LogP contribution in [0.25, 0.3) is 0 Å². The molecule has 0 saturated carbocycles. The number of nitrogens with one attached hydrogen (secondary N) is 1. The molecule has 0 aliphatic carbocycles. The maximum Gasteiger partial charge on any atom is 0.416 e. The molecule has 26 heavy (non-hydrogen) atoms. The van der Waals surface area contributed by atoms with Gasteiger partial charge in [0, 0.05) is 18.4 Å². The fourth-order valence-corrected chi connectivity index (χ4v) is 2.58. The molecule has 1 N–H and O–H groups in total. The number of aryl methyl sites for hydroxylation is 1. The van der Waals surface area contributed by atoms with Gasteiger partial charge in [-0.2, -0.15) is 13.2 Å². The molecule has 0 radical (unpaired) electrons. The van der Waals surface area contributed by atoms with Gasteiger partial charge in [-0.25, -0.2) is 4.39 Å². The number of benzene rings is 2. The minimum atomic E-state index is -4.40. The van der Waals surface area contributed by atoms with E-state index >= 15 is 0 Å². The average Bonchev–Trinajstić information content (AvgIpc) is 2.58. The Morgan fingerprint density at radius 2 is 1.65 bits per heavy atom. The largest absolute Gasteiger partial charge is 0.416 e. The van der Waals surface area contributed by atoms with Gasteiger partial charge < -0.3 is 5.32 Å². The first-order chi connectivity index (χ1) is 12.1. The lowest BCUT2D eigenvalue weighted by molar-refractivity contribution is -0.137. The third-order valence-corrected chi connectivity index (χ3v) is 4.23.